The van der Waals surface area contributed by atoms with E-state index in [1.807, 2.05) is 25.1 Å². The summed E-state index contributed by atoms with van der Waals surface area (Å²) < 4.78 is 7.54. The van der Waals surface area contributed by atoms with E-state index in [2.05, 4.69) is 41.9 Å². The minimum atomic E-state index is -0.0347. The molecule has 0 radical (unpaired) electrons. The Balaban J connectivity index is 1.45. The van der Waals surface area contributed by atoms with Gasteiger partial charge in [0.15, 0.2) is 0 Å². The van der Waals surface area contributed by atoms with Gasteiger partial charge in [-0.1, -0.05) is 6.07 Å². The Morgan fingerprint density at radius 3 is 2.57 bits per heavy atom. The molecule has 1 aliphatic rings. The number of amides is 1. The highest BCUT2D eigenvalue weighted by Gasteiger charge is 2.15. The maximum atomic E-state index is 12.6. The maximum absolute atomic E-state index is 12.6. The van der Waals surface area contributed by atoms with Crippen molar-refractivity contribution in [3.63, 3.8) is 0 Å². The van der Waals surface area contributed by atoms with Crippen LogP contribution in [0.3, 0.4) is 0 Å². The first-order chi connectivity index (χ1) is 14.5. The van der Waals surface area contributed by atoms with Crippen LogP contribution in [0.5, 0.6) is 0 Å². The number of rotatable bonds is 6. The highest BCUT2D eigenvalue weighted by molar-refractivity contribution is 5.97. The molecule has 0 spiro atoms. The highest BCUT2D eigenvalue weighted by atomic mass is 16.5. The second-order valence-corrected chi connectivity index (χ2v) is 8.27. The molecule has 4 rings (SSSR count). The Kier molecular flexibility index (Phi) is 6.16. The zero-order valence-corrected chi connectivity index (χ0v) is 18.1. The van der Waals surface area contributed by atoms with Crippen molar-refractivity contribution in [2.75, 3.05) is 39.4 Å². The fourth-order valence-electron chi connectivity index (χ4n) is 4.30. The number of quaternary nitrogens is 1. The van der Waals surface area contributed by atoms with E-state index in [0.29, 0.717) is 12.1 Å². The average molecular weight is 408 g/mol. The molecule has 0 aliphatic carbocycles. The quantitative estimate of drug-likeness (QED) is 0.615. The van der Waals surface area contributed by atoms with Crippen molar-refractivity contribution in [2.24, 2.45) is 0 Å². The van der Waals surface area contributed by atoms with Crippen molar-refractivity contribution in [3.8, 4) is 5.69 Å². The number of hydrogen-bond donors (Lipinski definition) is 2. The molecule has 0 unspecified atom stereocenters. The SMILES string of the molecule is Cc1cc(C)cc(-n2c(C)nc3cc(C(=O)NCCC[NH+]4CCOCC4)ccc32)c1. The Bertz CT molecular complexity index is 1030. The van der Waals surface area contributed by atoms with Crippen molar-refractivity contribution in [1.82, 2.24) is 14.9 Å². The number of imidazole rings is 1. The first kappa shape index (κ1) is 20.6. The fraction of sp³-hybridized carbons (Fsp3) is 0.417. The van der Waals surface area contributed by atoms with Crippen LogP contribution in [0.2, 0.25) is 0 Å². The predicted molar refractivity (Wildman–Crippen MR) is 119 cm³/mol. The van der Waals surface area contributed by atoms with Gasteiger partial charge in [0, 0.05) is 24.2 Å². The predicted octanol–water partition coefficient (Wildman–Crippen LogP) is 1.99. The van der Waals surface area contributed by atoms with E-state index in [4.69, 9.17) is 9.72 Å². The number of morpholine rings is 1. The molecule has 2 heterocycles. The van der Waals surface area contributed by atoms with E-state index < -0.39 is 0 Å². The normalized spacial score (nSPS) is 14.9. The minimum Gasteiger partial charge on any atom is -0.370 e. The van der Waals surface area contributed by atoms with Gasteiger partial charge in [0.1, 0.15) is 18.9 Å². The van der Waals surface area contributed by atoms with Gasteiger partial charge in [-0.3, -0.25) is 9.36 Å². The van der Waals surface area contributed by atoms with Gasteiger partial charge in [-0.05, 0) is 62.2 Å². The minimum absolute atomic E-state index is 0.0347. The molecule has 0 bridgehead atoms. The van der Waals surface area contributed by atoms with Crippen LogP contribution in [0.25, 0.3) is 16.7 Å². The number of ether oxygens (including phenoxy) is 1. The van der Waals surface area contributed by atoms with E-state index in [1.54, 1.807) is 4.90 Å². The molecule has 2 aromatic carbocycles. The molecule has 3 aromatic rings. The van der Waals surface area contributed by atoms with Crippen LogP contribution in [-0.2, 0) is 4.74 Å². The molecule has 0 atom stereocenters. The van der Waals surface area contributed by atoms with E-state index >= 15 is 0 Å². The van der Waals surface area contributed by atoms with Gasteiger partial charge in [-0.15, -0.1) is 0 Å². The van der Waals surface area contributed by atoms with Crippen molar-refractivity contribution in [3.05, 3.63) is 58.9 Å². The summed E-state index contributed by atoms with van der Waals surface area (Å²) in [6.07, 6.45) is 0.976. The Labute approximate surface area is 177 Å². The lowest BCUT2D eigenvalue weighted by atomic mass is 10.1. The van der Waals surface area contributed by atoms with E-state index in [0.717, 1.165) is 61.8 Å². The highest BCUT2D eigenvalue weighted by Crippen LogP contribution is 2.24. The molecule has 2 N–H and O–H groups in total. The van der Waals surface area contributed by atoms with Crippen molar-refractivity contribution in [2.45, 2.75) is 27.2 Å². The van der Waals surface area contributed by atoms with Crippen LogP contribution < -0.4 is 10.2 Å². The van der Waals surface area contributed by atoms with Crippen molar-refractivity contribution in [1.29, 1.82) is 0 Å². The zero-order valence-electron chi connectivity index (χ0n) is 18.1. The molecule has 6 heteroatoms. The number of hydrogen-bond acceptors (Lipinski definition) is 3. The number of benzene rings is 2. The molecular formula is C24H31N4O2+. The third-order valence-electron chi connectivity index (χ3n) is 5.74. The van der Waals surface area contributed by atoms with Crippen LogP contribution >= 0.6 is 0 Å². The molecule has 1 aliphatic heterocycles. The molecule has 158 valence electrons. The van der Waals surface area contributed by atoms with Crippen molar-refractivity contribution >= 4 is 16.9 Å². The zero-order chi connectivity index (χ0) is 21.1. The lowest BCUT2D eigenvalue weighted by molar-refractivity contribution is -0.908. The number of nitrogens with zero attached hydrogens (tertiary/aromatic N) is 2. The molecule has 1 aromatic heterocycles. The third kappa shape index (κ3) is 4.55. The number of aryl methyl sites for hydroxylation is 3. The third-order valence-corrected chi connectivity index (χ3v) is 5.74. The smallest absolute Gasteiger partial charge is 0.251 e. The van der Waals surface area contributed by atoms with Crippen LogP contribution in [0.4, 0.5) is 0 Å². The van der Waals surface area contributed by atoms with Gasteiger partial charge < -0.3 is 15.0 Å². The van der Waals surface area contributed by atoms with Gasteiger partial charge in [-0.2, -0.15) is 0 Å². The van der Waals surface area contributed by atoms with E-state index in [1.165, 1.54) is 11.1 Å². The second-order valence-electron chi connectivity index (χ2n) is 8.27. The standard InChI is InChI=1S/C24H30N4O2/c1-17-13-18(2)15-21(14-17)28-19(3)26-22-16-20(5-6-23(22)28)24(29)25-7-4-8-27-9-11-30-12-10-27/h5-6,13-16H,4,7-12H2,1-3H3,(H,25,29)/p+1. The lowest BCUT2D eigenvalue weighted by Gasteiger charge is -2.23. The molecule has 0 saturated carbocycles. The number of carbonyl (C=O) groups excluding carboxylic acids is 1. The molecule has 30 heavy (non-hydrogen) atoms. The van der Waals surface area contributed by atoms with Crippen LogP contribution in [0, 0.1) is 20.8 Å². The summed E-state index contributed by atoms with van der Waals surface area (Å²) in [5.41, 5.74) is 6.07. The van der Waals surface area contributed by atoms with Gasteiger partial charge in [-0.25, -0.2) is 4.98 Å². The average Bonchev–Trinajstić information content (AvgIpc) is 3.06. The largest absolute Gasteiger partial charge is 0.370 e. The number of carbonyl (C=O) groups is 1. The Morgan fingerprint density at radius 1 is 1.10 bits per heavy atom. The van der Waals surface area contributed by atoms with Crippen LogP contribution in [0.1, 0.15) is 33.7 Å². The second kappa shape index (κ2) is 8.98. The van der Waals surface area contributed by atoms with Gasteiger partial charge in [0.05, 0.1) is 30.8 Å². The maximum Gasteiger partial charge on any atom is 0.251 e. The number of nitrogens with one attached hydrogen (secondary N) is 2. The summed E-state index contributed by atoms with van der Waals surface area (Å²) in [7, 11) is 0. The molecule has 1 amide bonds. The van der Waals surface area contributed by atoms with Gasteiger partial charge in [0.2, 0.25) is 0 Å². The monoisotopic (exact) mass is 407 g/mol. The number of fused-ring (bicyclic) bond motifs is 1. The van der Waals surface area contributed by atoms with Crippen molar-refractivity contribution < 1.29 is 14.4 Å². The van der Waals surface area contributed by atoms with Crippen LogP contribution in [0.15, 0.2) is 36.4 Å². The summed E-state index contributed by atoms with van der Waals surface area (Å²) in [4.78, 5) is 18.9. The first-order valence-electron chi connectivity index (χ1n) is 10.8. The molecular weight excluding hydrogens is 376 g/mol. The topological polar surface area (TPSA) is 60.6 Å². The number of aromatic nitrogens is 2. The fourth-order valence-corrected chi connectivity index (χ4v) is 4.30. The van der Waals surface area contributed by atoms with Gasteiger partial charge >= 0.3 is 0 Å². The first-order valence-corrected chi connectivity index (χ1v) is 10.8. The molecule has 1 saturated heterocycles. The van der Waals surface area contributed by atoms with Gasteiger partial charge in [0.25, 0.3) is 5.91 Å². The lowest BCUT2D eigenvalue weighted by Crippen LogP contribution is -3.14. The summed E-state index contributed by atoms with van der Waals surface area (Å²) in [6.45, 7) is 11.8. The summed E-state index contributed by atoms with van der Waals surface area (Å²) >= 11 is 0. The summed E-state index contributed by atoms with van der Waals surface area (Å²) in [5.74, 6) is 0.883. The summed E-state index contributed by atoms with van der Waals surface area (Å²) in [5, 5.41) is 3.05. The van der Waals surface area contributed by atoms with Crippen LogP contribution in [-0.4, -0.2) is 54.9 Å². The van der Waals surface area contributed by atoms with E-state index in [9.17, 15) is 4.79 Å². The Hall–Kier alpha value is -2.70. The molecule has 6 nitrogen and oxygen atoms in total. The van der Waals surface area contributed by atoms with E-state index in [-0.39, 0.29) is 5.91 Å². The molecule has 1 fully saturated rings. The summed E-state index contributed by atoms with van der Waals surface area (Å²) in [6, 6.07) is 12.3. The Morgan fingerprint density at radius 2 is 1.83 bits per heavy atom.